The van der Waals surface area contributed by atoms with Crippen LogP contribution in [0.1, 0.15) is 129 Å². The fourth-order valence-corrected chi connectivity index (χ4v) is 10.1. The summed E-state index contributed by atoms with van der Waals surface area (Å²) in [5, 5.41) is 2.23. The number of aromatic nitrogens is 2. The maximum Gasteiger partial charge on any atom is 0.135 e. The van der Waals surface area contributed by atoms with Crippen molar-refractivity contribution in [2.75, 3.05) is 9.80 Å². The van der Waals surface area contributed by atoms with Gasteiger partial charge in [-0.1, -0.05) is 167 Å². The van der Waals surface area contributed by atoms with Crippen LogP contribution in [0.5, 0.6) is 11.5 Å². The minimum Gasteiger partial charge on any atom is -0.509 e. The molecule has 364 valence electrons. The fraction of sp³-hybridized carbons (Fsp3) is 0.262. The molecule has 0 atom stereocenters. The van der Waals surface area contributed by atoms with Crippen molar-refractivity contribution in [2.45, 2.75) is 112 Å². The Kier molecular flexibility index (Phi) is 13.5. The third-order valence-electron chi connectivity index (χ3n) is 14.0. The maximum absolute atomic E-state index is 7.02. The average molecular weight is 1110 g/mol. The summed E-state index contributed by atoms with van der Waals surface area (Å²) in [5.74, 6) is 3.13. The van der Waals surface area contributed by atoms with Crippen LogP contribution < -0.4 is 14.5 Å². The molecule has 1 aliphatic rings. The molecule has 9 aromatic rings. The molecule has 0 N–H and O–H groups in total. The summed E-state index contributed by atoms with van der Waals surface area (Å²) in [6, 6.07) is 60.5. The quantitative estimate of drug-likeness (QED) is 0.128. The molecule has 71 heavy (non-hydrogen) atoms. The van der Waals surface area contributed by atoms with Crippen molar-refractivity contribution in [2.24, 2.45) is 0 Å². The van der Waals surface area contributed by atoms with Gasteiger partial charge in [0.15, 0.2) is 0 Å². The Balaban J connectivity index is 0.00000624. The van der Waals surface area contributed by atoms with Gasteiger partial charge < -0.3 is 19.1 Å². The van der Waals surface area contributed by atoms with Gasteiger partial charge >= 0.3 is 0 Å². The molecule has 3 heterocycles. The van der Waals surface area contributed by atoms with Crippen molar-refractivity contribution in [1.29, 1.82) is 0 Å². The van der Waals surface area contributed by atoms with E-state index in [1.807, 2.05) is 12.3 Å². The minimum absolute atomic E-state index is 0. The predicted molar refractivity (Wildman–Crippen MR) is 295 cm³/mol. The third kappa shape index (κ3) is 9.47. The van der Waals surface area contributed by atoms with Gasteiger partial charge in [-0.05, 0) is 121 Å². The van der Waals surface area contributed by atoms with Gasteiger partial charge in [-0.15, -0.1) is 53.6 Å². The second-order valence-electron chi connectivity index (χ2n) is 22.0. The SMILES string of the molecule is CC(C)c1ccccc1-c1cc(Oc2[c-]c3c(cc2)c2ccccc2n3-c2cc(C(C)(C)C)ccn2)[c-]c(N2[CH-]N(c3cccc(-c4c(C(C)C)cccc4C(C)C)c3)c3ccc(C(C)(C)C)cc32)c1.[Pt]. The zero-order valence-electron chi connectivity index (χ0n) is 43.3. The smallest absolute Gasteiger partial charge is 0.135 e. The van der Waals surface area contributed by atoms with E-state index in [-0.39, 0.29) is 31.9 Å². The number of nitrogens with zero attached hydrogens (tertiary/aromatic N) is 4. The molecule has 7 aromatic carbocycles. The Labute approximate surface area is 436 Å². The summed E-state index contributed by atoms with van der Waals surface area (Å²) in [7, 11) is 0. The monoisotopic (exact) mass is 1110 g/mol. The number of anilines is 4. The maximum atomic E-state index is 7.02. The summed E-state index contributed by atoms with van der Waals surface area (Å²) < 4.78 is 9.24. The van der Waals surface area contributed by atoms with Crippen LogP contribution in [0.3, 0.4) is 0 Å². The van der Waals surface area contributed by atoms with Crippen LogP contribution in [0.2, 0.25) is 0 Å². The number of ether oxygens (including phenoxy) is 1. The van der Waals surface area contributed by atoms with Crippen LogP contribution >= 0.6 is 0 Å². The molecule has 0 aliphatic carbocycles. The number of rotatable bonds is 10. The number of para-hydroxylation sites is 1. The summed E-state index contributed by atoms with van der Waals surface area (Å²) in [4.78, 5) is 9.56. The van der Waals surface area contributed by atoms with E-state index < -0.39 is 0 Å². The zero-order valence-corrected chi connectivity index (χ0v) is 45.5. The zero-order chi connectivity index (χ0) is 49.2. The predicted octanol–water partition coefficient (Wildman–Crippen LogP) is 18.3. The van der Waals surface area contributed by atoms with E-state index in [0.29, 0.717) is 29.3 Å². The van der Waals surface area contributed by atoms with Crippen LogP contribution in [0.25, 0.3) is 49.9 Å². The van der Waals surface area contributed by atoms with Gasteiger partial charge in [0, 0.05) is 61.3 Å². The molecular formula is C65H65N4OPt-3. The molecule has 0 saturated heterocycles. The van der Waals surface area contributed by atoms with Crippen molar-refractivity contribution in [3.63, 3.8) is 0 Å². The van der Waals surface area contributed by atoms with Gasteiger partial charge in [-0.3, -0.25) is 0 Å². The van der Waals surface area contributed by atoms with Crippen molar-refractivity contribution in [3.8, 4) is 39.6 Å². The molecule has 5 nitrogen and oxygen atoms in total. The van der Waals surface area contributed by atoms with Crippen LogP contribution in [-0.2, 0) is 31.9 Å². The molecule has 6 heteroatoms. The number of hydrogen-bond acceptors (Lipinski definition) is 4. The van der Waals surface area contributed by atoms with E-state index in [9.17, 15) is 0 Å². The second-order valence-corrected chi connectivity index (χ2v) is 22.0. The first-order valence-corrected chi connectivity index (χ1v) is 25.0. The molecule has 1 aliphatic heterocycles. The van der Waals surface area contributed by atoms with Crippen molar-refractivity contribution < 1.29 is 25.8 Å². The topological polar surface area (TPSA) is 33.5 Å². The van der Waals surface area contributed by atoms with Gasteiger partial charge in [0.25, 0.3) is 0 Å². The van der Waals surface area contributed by atoms with Gasteiger partial charge in [0.05, 0.1) is 0 Å². The fourth-order valence-electron chi connectivity index (χ4n) is 10.1. The second kappa shape index (κ2) is 19.3. The average Bonchev–Trinajstić information content (AvgIpc) is 3.89. The van der Waals surface area contributed by atoms with Gasteiger partial charge in [-0.2, -0.15) is 6.07 Å². The molecule has 0 amide bonds. The summed E-state index contributed by atoms with van der Waals surface area (Å²) in [6.45, 7) is 29.5. The number of fused-ring (bicyclic) bond motifs is 4. The molecule has 0 spiro atoms. The van der Waals surface area contributed by atoms with Gasteiger partial charge in [0.2, 0.25) is 0 Å². The van der Waals surface area contributed by atoms with Crippen LogP contribution in [0.15, 0.2) is 152 Å². The molecule has 0 unspecified atom stereocenters. The molecule has 10 rings (SSSR count). The third-order valence-corrected chi connectivity index (χ3v) is 14.0. The first-order chi connectivity index (χ1) is 33.4. The van der Waals surface area contributed by atoms with Crippen LogP contribution in [-0.4, -0.2) is 9.55 Å². The molecule has 0 radical (unpaired) electrons. The molecule has 0 fully saturated rings. The number of pyridine rings is 1. The molecule has 2 aromatic heterocycles. The Bertz CT molecular complexity index is 3390. The largest absolute Gasteiger partial charge is 0.509 e. The first kappa shape index (κ1) is 49.6. The standard InChI is InChI=1S/C65H65N4O.Pt/c1-41(2)52-21-13-14-22-55(52)45-34-49(38-51(35-45)70-50-28-29-57-56-23-15-16-26-58(56)69(60(57)39-50)62-37-47(31-32-66-62)65(10,11)12)68-40-67(59-30-27-46(36-61(59)68)64(7,8)9)48-20-17-19-44(33-48)63-53(42(3)4)24-18-25-54(63)43(5)6;/h13-37,40-43H,1-12H3;/q-3;. The van der Waals surface area contributed by atoms with E-state index in [1.165, 1.54) is 44.5 Å². The summed E-state index contributed by atoms with van der Waals surface area (Å²) in [6.07, 6.45) is 1.91. The molecule has 0 saturated carbocycles. The van der Waals surface area contributed by atoms with E-state index in [1.54, 1.807) is 0 Å². The van der Waals surface area contributed by atoms with Gasteiger partial charge in [-0.25, -0.2) is 4.98 Å². The van der Waals surface area contributed by atoms with E-state index >= 15 is 0 Å². The summed E-state index contributed by atoms with van der Waals surface area (Å²) in [5.41, 5.74) is 17.3. The van der Waals surface area contributed by atoms with Crippen LogP contribution in [0.4, 0.5) is 22.7 Å². The molecular weight excluding hydrogens is 1050 g/mol. The van der Waals surface area contributed by atoms with Crippen molar-refractivity contribution in [3.05, 3.63) is 198 Å². The van der Waals surface area contributed by atoms with E-state index in [4.69, 9.17) is 9.72 Å². The van der Waals surface area contributed by atoms with Crippen molar-refractivity contribution in [1.82, 2.24) is 9.55 Å². The number of hydrogen-bond donors (Lipinski definition) is 0. The van der Waals surface area contributed by atoms with Crippen molar-refractivity contribution >= 4 is 44.6 Å². The van der Waals surface area contributed by atoms with Crippen LogP contribution in [0, 0.1) is 18.8 Å². The normalized spacial score (nSPS) is 12.9. The number of benzene rings is 7. The Morgan fingerprint density at radius 3 is 1.92 bits per heavy atom. The van der Waals surface area contributed by atoms with E-state index in [2.05, 4.69) is 256 Å². The Hall–Kier alpha value is -6.42. The van der Waals surface area contributed by atoms with E-state index in [0.717, 1.165) is 55.9 Å². The summed E-state index contributed by atoms with van der Waals surface area (Å²) >= 11 is 0. The Morgan fingerprint density at radius 2 is 1.20 bits per heavy atom. The minimum atomic E-state index is -0.0710. The van der Waals surface area contributed by atoms with Gasteiger partial charge in [0.1, 0.15) is 5.82 Å². The Morgan fingerprint density at radius 1 is 0.535 bits per heavy atom. The molecule has 0 bridgehead atoms. The first-order valence-electron chi connectivity index (χ1n) is 25.0.